The highest BCUT2D eigenvalue weighted by atomic mass is 31.2. The van der Waals surface area contributed by atoms with Crippen molar-refractivity contribution in [1.29, 1.82) is 0 Å². The van der Waals surface area contributed by atoms with Crippen LogP contribution in [0.2, 0.25) is 0 Å². The maximum absolute atomic E-state index is 12.8. The molecule has 0 aliphatic carbocycles. The minimum absolute atomic E-state index is 0.0327. The van der Waals surface area contributed by atoms with Crippen LogP contribution in [-0.2, 0) is 32.7 Å². The molecule has 0 aromatic rings. The van der Waals surface area contributed by atoms with Crippen molar-refractivity contribution in [3.8, 4) is 0 Å². The van der Waals surface area contributed by atoms with Gasteiger partial charge in [0.25, 0.3) is 7.82 Å². The third-order valence-electron chi connectivity index (χ3n) is 14.5. The summed E-state index contributed by atoms with van der Waals surface area (Å²) >= 11 is 0. The van der Waals surface area contributed by atoms with Crippen LogP contribution in [0.15, 0.2) is 72.9 Å². The summed E-state index contributed by atoms with van der Waals surface area (Å²) in [6.07, 6.45) is 79.7. The fraction of sp³-hybridized carbons (Fsp3) is 0.797. The standard InChI is InChI=1S/C69H126NO8P/c1-6-8-10-12-14-16-18-20-22-24-26-28-30-32-34-35-36-38-40-42-44-46-48-50-52-54-56-58-60-62-69(72)78-67(66-77-79(73,74)76-64-63-70(3,4)5)65-75-68(71)61-59-57-55-53-51-49-47-45-43-41-39-37-33-31-29-27-25-23-21-19-17-15-13-11-9-7-2/h8,10,14,16,20,22,26,28,32,34,36,38,67H,6-7,9,11-13,15,17-19,21,23-25,27,29-31,33,35,37,39-66H2,1-5H3/b10-8-,16-14-,22-20-,28-26-,34-32-,38-36-. The highest BCUT2D eigenvalue weighted by Gasteiger charge is 2.22. The number of phosphoric acid groups is 1. The van der Waals surface area contributed by atoms with Crippen molar-refractivity contribution in [3.63, 3.8) is 0 Å². The van der Waals surface area contributed by atoms with Crippen LogP contribution in [0.1, 0.15) is 303 Å². The predicted molar refractivity (Wildman–Crippen MR) is 337 cm³/mol. The number of rotatable bonds is 61. The Hall–Kier alpha value is -2.55. The van der Waals surface area contributed by atoms with E-state index in [1.807, 2.05) is 21.1 Å². The topological polar surface area (TPSA) is 111 Å². The van der Waals surface area contributed by atoms with Crippen LogP contribution in [0.25, 0.3) is 0 Å². The zero-order valence-electron chi connectivity index (χ0n) is 52.3. The minimum Gasteiger partial charge on any atom is -0.756 e. The number of ether oxygens (including phenoxy) is 2. The lowest BCUT2D eigenvalue weighted by Crippen LogP contribution is -2.37. The molecule has 0 spiro atoms. The molecule has 0 aliphatic heterocycles. The van der Waals surface area contributed by atoms with Crippen molar-refractivity contribution < 1.29 is 42.1 Å². The van der Waals surface area contributed by atoms with Crippen molar-refractivity contribution in [2.45, 2.75) is 309 Å². The van der Waals surface area contributed by atoms with E-state index in [1.54, 1.807) is 0 Å². The van der Waals surface area contributed by atoms with Crippen LogP contribution >= 0.6 is 7.82 Å². The summed E-state index contributed by atoms with van der Waals surface area (Å²) in [5.41, 5.74) is 0. The summed E-state index contributed by atoms with van der Waals surface area (Å²) in [5, 5.41) is 0. The number of carbonyl (C=O) groups excluding carboxylic acids is 2. The van der Waals surface area contributed by atoms with Gasteiger partial charge in [-0.05, 0) is 64.2 Å². The van der Waals surface area contributed by atoms with Crippen molar-refractivity contribution in [2.75, 3.05) is 47.5 Å². The Bertz CT molecular complexity index is 1560. The Morgan fingerprint density at radius 2 is 0.722 bits per heavy atom. The van der Waals surface area contributed by atoms with Gasteiger partial charge >= 0.3 is 11.9 Å². The number of phosphoric ester groups is 1. The fourth-order valence-corrected chi connectivity index (χ4v) is 10.2. The first-order valence-corrected chi connectivity index (χ1v) is 34.6. The molecule has 0 bridgehead atoms. The van der Waals surface area contributed by atoms with Crippen LogP contribution < -0.4 is 4.89 Å². The third-order valence-corrected chi connectivity index (χ3v) is 15.5. The maximum Gasteiger partial charge on any atom is 0.306 e. The van der Waals surface area contributed by atoms with Gasteiger partial charge in [-0.3, -0.25) is 14.2 Å². The molecule has 0 aromatic heterocycles. The third kappa shape index (κ3) is 64.5. The smallest absolute Gasteiger partial charge is 0.306 e. The Kier molecular flexibility index (Phi) is 58.1. The number of allylic oxidation sites excluding steroid dienone is 12. The number of esters is 2. The molecule has 79 heavy (non-hydrogen) atoms. The van der Waals surface area contributed by atoms with Gasteiger partial charge in [-0.1, -0.05) is 299 Å². The van der Waals surface area contributed by atoms with E-state index in [2.05, 4.69) is 86.8 Å². The molecule has 0 saturated carbocycles. The largest absolute Gasteiger partial charge is 0.756 e. The van der Waals surface area contributed by atoms with Crippen LogP contribution in [0.5, 0.6) is 0 Å². The second-order valence-electron chi connectivity index (χ2n) is 23.5. The highest BCUT2D eigenvalue weighted by molar-refractivity contribution is 7.45. The van der Waals surface area contributed by atoms with Gasteiger partial charge in [0.2, 0.25) is 0 Å². The van der Waals surface area contributed by atoms with Crippen molar-refractivity contribution in [1.82, 2.24) is 0 Å². The first-order valence-electron chi connectivity index (χ1n) is 33.1. The Morgan fingerprint density at radius 3 is 1.08 bits per heavy atom. The molecule has 0 aromatic carbocycles. The number of unbranched alkanes of at least 4 members (excludes halogenated alkanes) is 35. The SMILES string of the molecule is CC/C=C\C/C=C\C/C=C\C/C=C\C/C=C\C/C=C\CCCCCCCCCCCCC(=O)OC(COC(=O)CCCCCCCCCCCCCCCCCCCCCCCCCCCC)COP(=O)([O-])OCC[N+](C)(C)C. The summed E-state index contributed by atoms with van der Waals surface area (Å²) in [7, 11) is 1.17. The quantitative estimate of drug-likeness (QED) is 0.0195. The minimum atomic E-state index is -4.64. The van der Waals surface area contributed by atoms with E-state index >= 15 is 0 Å². The molecule has 460 valence electrons. The first kappa shape index (κ1) is 76.5. The van der Waals surface area contributed by atoms with Crippen LogP contribution in [-0.4, -0.2) is 70.0 Å². The molecule has 2 unspecified atom stereocenters. The van der Waals surface area contributed by atoms with Crippen LogP contribution in [0.4, 0.5) is 0 Å². The average molecular weight is 1130 g/mol. The van der Waals surface area contributed by atoms with E-state index in [1.165, 1.54) is 186 Å². The summed E-state index contributed by atoms with van der Waals surface area (Å²) in [5.74, 6) is -0.827. The van der Waals surface area contributed by atoms with E-state index in [4.69, 9.17) is 18.5 Å². The highest BCUT2D eigenvalue weighted by Crippen LogP contribution is 2.38. The zero-order valence-corrected chi connectivity index (χ0v) is 53.2. The normalized spacial score (nSPS) is 13.6. The van der Waals surface area contributed by atoms with Gasteiger partial charge in [0.15, 0.2) is 6.10 Å². The Balaban J connectivity index is 4.09. The molecule has 10 heteroatoms. The van der Waals surface area contributed by atoms with Gasteiger partial charge in [-0.15, -0.1) is 0 Å². The lowest BCUT2D eigenvalue weighted by atomic mass is 10.0. The van der Waals surface area contributed by atoms with Gasteiger partial charge in [0.05, 0.1) is 27.7 Å². The molecule has 0 fully saturated rings. The van der Waals surface area contributed by atoms with Crippen molar-refractivity contribution in [2.24, 2.45) is 0 Å². The van der Waals surface area contributed by atoms with E-state index in [-0.39, 0.29) is 32.0 Å². The second-order valence-corrected chi connectivity index (χ2v) is 24.9. The molecule has 0 aliphatic rings. The average Bonchev–Trinajstić information content (AvgIpc) is 3.41. The summed E-state index contributed by atoms with van der Waals surface area (Å²) in [6, 6.07) is 0. The summed E-state index contributed by atoms with van der Waals surface area (Å²) < 4.78 is 34.3. The lowest BCUT2D eigenvalue weighted by molar-refractivity contribution is -0.870. The Labute approximate surface area is 489 Å². The van der Waals surface area contributed by atoms with E-state index in [0.717, 1.165) is 83.5 Å². The van der Waals surface area contributed by atoms with Crippen LogP contribution in [0.3, 0.4) is 0 Å². The number of hydrogen-bond acceptors (Lipinski definition) is 8. The zero-order chi connectivity index (χ0) is 57.7. The number of hydrogen-bond donors (Lipinski definition) is 0. The molecule has 0 N–H and O–H groups in total. The van der Waals surface area contributed by atoms with Gasteiger partial charge in [0, 0.05) is 12.8 Å². The van der Waals surface area contributed by atoms with Gasteiger partial charge in [0.1, 0.15) is 19.8 Å². The van der Waals surface area contributed by atoms with Gasteiger partial charge in [-0.25, -0.2) is 0 Å². The number of carbonyl (C=O) groups is 2. The Morgan fingerprint density at radius 1 is 0.405 bits per heavy atom. The summed E-state index contributed by atoms with van der Waals surface area (Å²) in [6.45, 7) is 4.16. The number of likely N-dealkylation sites (N-methyl/N-ethyl adjacent to an activating group) is 1. The molecule has 0 amide bonds. The molecule has 2 atom stereocenters. The second kappa shape index (κ2) is 60.1. The predicted octanol–water partition coefficient (Wildman–Crippen LogP) is 20.6. The maximum atomic E-state index is 12.8. The molecule has 0 radical (unpaired) electrons. The molecule has 0 saturated heterocycles. The van der Waals surface area contributed by atoms with Crippen LogP contribution in [0, 0.1) is 0 Å². The molecular formula is C69H126NO8P. The van der Waals surface area contributed by atoms with E-state index in [9.17, 15) is 19.0 Å². The number of nitrogens with zero attached hydrogens (tertiary/aromatic N) is 1. The van der Waals surface area contributed by atoms with Gasteiger partial charge < -0.3 is 27.9 Å². The van der Waals surface area contributed by atoms with E-state index < -0.39 is 26.5 Å². The molecule has 0 rings (SSSR count). The fourth-order valence-electron chi connectivity index (χ4n) is 9.43. The number of quaternary nitrogens is 1. The van der Waals surface area contributed by atoms with Crippen molar-refractivity contribution >= 4 is 19.8 Å². The van der Waals surface area contributed by atoms with Crippen molar-refractivity contribution in [3.05, 3.63) is 72.9 Å². The lowest BCUT2D eigenvalue weighted by Gasteiger charge is -2.28. The van der Waals surface area contributed by atoms with E-state index in [0.29, 0.717) is 17.4 Å². The molecular weight excluding hydrogens is 1000 g/mol. The van der Waals surface area contributed by atoms with Gasteiger partial charge in [-0.2, -0.15) is 0 Å². The first-order chi connectivity index (χ1) is 38.5. The molecule has 0 heterocycles. The summed E-state index contributed by atoms with van der Waals surface area (Å²) in [4.78, 5) is 38.0. The molecule has 9 nitrogen and oxygen atoms in total. The monoisotopic (exact) mass is 1130 g/mol.